The van der Waals surface area contributed by atoms with E-state index in [1.54, 1.807) is 39.9 Å². The molecule has 2 N–H and O–H groups in total. The summed E-state index contributed by atoms with van der Waals surface area (Å²) in [6.45, 7) is 2.79. The summed E-state index contributed by atoms with van der Waals surface area (Å²) < 4.78 is 1.63. The average Bonchev–Trinajstić information content (AvgIpc) is 2.87. The van der Waals surface area contributed by atoms with Gasteiger partial charge in [0.2, 0.25) is 0 Å². The Balaban J connectivity index is 1.87. The van der Waals surface area contributed by atoms with Gasteiger partial charge in [0.05, 0.1) is 23.5 Å². The fourth-order valence-electron chi connectivity index (χ4n) is 3.99. The fourth-order valence-corrected chi connectivity index (χ4v) is 4.10. The molecule has 3 aromatic heterocycles. The van der Waals surface area contributed by atoms with Gasteiger partial charge < -0.3 is 10.6 Å². The zero-order valence-electron chi connectivity index (χ0n) is 18.8. The number of aromatic nitrogens is 4. The molecule has 1 aromatic carbocycles. The molecule has 1 amide bonds. The maximum atomic E-state index is 13.6. The van der Waals surface area contributed by atoms with Gasteiger partial charge in [0.1, 0.15) is 11.0 Å². The number of carbonyl (C=O) groups excluding carboxylic acids is 1. The van der Waals surface area contributed by atoms with E-state index >= 15 is 0 Å². The number of hydrogen-bond acceptors (Lipinski definition) is 6. The molecule has 0 radical (unpaired) electrons. The van der Waals surface area contributed by atoms with Crippen LogP contribution >= 0.6 is 11.6 Å². The van der Waals surface area contributed by atoms with Gasteiger partial charge in [0.15, 0.2) is 5.65 Å². The van der Waals surface area contributed by atoms with Crippen molar-refractivity contribution < 1.29 is 4.79 Å². The van der Waals surface area contributed by atoms with Crippen LogP contribution in [0.1, 0.15) is 41.1 Å². The first-order valence-corrected chi connectivity index (χ1v) is 11.4. The van der Waals surface area contributed by atoms with Gasteiger partial charge in [-0.3, -0.25) is 14.2 Å². The normalized spacial score (nSPS) is 12.0. The van der Waals surface area contributed by atoms with E-state index in [1.165, 1.54) is 6.20 Å². The van der Waals surface area contributed by atoms with Crippen LogP contribution in [-0.2, 0) is 6.54 Å². The molecule has 0 saturated carbocycles. The zero-order chi connectivity index (χ0) is 24.1. The molecule has 0 aliphatic carbocycles. The van der Waals surface area contributed by atoms with Crippen molar-refractivity contribution in [2.24, 2.45) is 5.73 Å². The number of hydrogen-bond donors (Lipinski definition) is 1. The largest absolute Gasteiger partial charge is 0.329 e. The van der Waals surface area contributed by atoms with E-state index in [-0.39, 0.29) is 24.6 Å². The third kappa shape index (κ3) is 4.83. The highest BCUT2D eigenvalue weighted by Gasteiger charge is 2.29. The van der Waals surface area contributed by atoms with Crippen molar-refractivity contribution in [3.8, 4) is 0 Å². The summed E-state index contributed by atoms with van der Waals surface area (Å²) in [5.74, 6) is 0.203. The number of rotatable bonds is 8. The molecule has 0 aliphatic heterocycles. The number of pyridine rings is 2. The van der Waals surface area contributed by atoms with Crippen LogP contribution < -0.4 is 11.3 Å². The first-order chi connectivity index (χ1) is 16.5. The zero-order valence-corrected chi connectivity index (χ0v) is 19.5. The topological polar surface area (TPSA) is 107 Å². The fraction of sp³-hybridized carbons (Fsp3) is 0.240. The summed E-state index contributed by atoms with van der Waals surface area (Å²) in [6, 6.07) is 15.8. The van der Waals surface area contributed by atoms with Gasteiger partial charge in [0, 0.05) is 25.5 Å². The number of fused-ring (bicyclic) bond motifs is 1. The Morgan fingerprint density at radius 3 is 2.59 bits per heavy atom. The van der Waals surface area contributed by atoms with E-state index in [1.807, 2.05) is 37.3 Å². The second-order valence-corrected chi connectivity index (χ2v) is 8.19. The second kappa shape index (κ2) is 10.5. The molecule has 174 valence electrons. The SMILES string of the molecule is CCC(c1nc2ncccc2c(=O)n1Cc1ccccc1)N(CCN)C(=O)c1ccc(Cl)nc1. The number of carbonyl (C=O) groups is 1. The number of halogens is 1. The molecule has 3 heterocycles. The predicted molar refractivity (Wildman–Crippen MR) is 132 cm³/mol. The lowest BCUT2D eigenvalue weighted by Gasteiger charge is -2.32. The maximum Gasteiger partial charge on any atom is 0.263 e. The van der Waals surface area contributed by atoms with Crippen LogP contribution in [0.5, 0.6) is 0 Å². The predicted octanol–water partition coefficient (Wildman–Crippen LogP) is 3.44. The van der Waals surface area contributed by atoms with Crippen molar-refractivity contribution >= 4 is 28.5 Å². The Morgan fingerprint density at radius 2 is 1.91 bits per heavy atom. The third-order valence-corrected chi connectivity index (χ3v) is 5.83. The quantitative estimate of drug-likeness (QED) is 0.390. The summed E-state index contributed by atoms with van der Waals surface area (Å²) in [5.41, 5.74) is 7.36. The maximum absolute atomic E-state index is 13.6. The van der Waals surface area contributed by atoms with E-state index in [0.29, 0.717) is 40.5 Å². The number of benzene rings is 1. The summed E-state index contributed by atoms with van der Waals surface area (Å²) in [7, 11) is 0. The molecule has 4 rings (SSSR count). The standard InChI is InChI=1S/C25H25ClN6O2/c1-2-20(31(14-12-27)24(33)18-10-11-21(26)29-15-18)23-30-22-19(9-6-13-28-22)25(34)32(23)16-17-7-4-3-5-8-17/h3-11,13,15,20H,2,12,14,16,27H2,1H3. The Labute approximate surface area is 202 Å². The van der Waals surface area contributed by atoms with Gasteiger partial charge in [0.25, 0.3) is 11.5 Å². The van der Waals surface area contributed by atoms with Crippen molar-refractivity contribution in [1.82, 2.24) is 24.4 Å². The molecule has 0 saturated heterocycles. The highest BCUT2D eigenvalue weighted by atomic mass is 35.5. The minimum Gasteiger partial charge on any atom is -0.329 e. The molecule has 9 heteroatoms. The molecule has 34 heavy (non-hydrogen) atoms. The lowest BCUT2D eigenvalue weighted by Crippen LogP contribution is -2.41. The number of amides is 1. The molecule has 0 aliphatic rings. The Morgan fingerprint density at radius 1 is 1.12 bits per heavy atom. The first-order valence-electron chi connectivity index (χ1n) is 11.1. The Bertz CT molecular complexity index is 1340. The van der Waals surface area contributed by atoms with Gasteiger partial charge in [-0.2, -0.15) is 0 Å². The van der Waals surface area contributed by atoms with Gasteiger partial charge in [-0.15, -0.1) is 0 Å². The minimum atomic E-state index is -0.505. The third-order valence-electron chi connectivity index (χ3n) is 5.61. The van der Waals surface area contributed by atoms with E-state index in [0.717, 1.165) is 5.56 Å². The summed E-state index contributed by atoms with van der Waals surface area (Å²) in [5, 5.41) is 0.726. The molecule has 0 spiro atoms. The van der Waals surface area contributed by atoms with Crippen molar-refractivity contribution in [3.05, 3.63) is 99.4 Å². The lowest BCUT2D eigenvalue weighted by molar-refractivity contribution is 0.0663. The molecule has 0 bridgehead atoms. The van der Waals surface area contributed by atoms with Gasteiger partial charge in [-0.1, -0.05) is 48.9 Å². The van der Waals surface area contributed by atoms with E-state index < -0.39 is 6.04 Å². The smallest absolute Gasteiger partial charge is 0.263 e. The second-order valence-electron chi connectivity index (χ2n) is 7.80. The van der Waals surface area contributed by atoms with Crippen LogP contribution in [0.15, 0.2) is 71.8 Å². The Kier molecular flexibility index (Phi) is 7.30. The number of nitrogens with zero attached hydrogens (tertiary/aromatic N) is 5. The van der Waals surface area contributed by atoms with Crippen LogP contribution in [0.25, 0.3) is 11.0 Å². The van der Waals surface area contributed by atoms with Crippen molar-refractivity contribution in [2.45, 2.75) is 25.9 Å². The monoisotopic (exact) mass is 476 g/mol. The highest BCUT2D eigenvalue weighted by Crippen LogP contribution is 2.26. The van der Waals surface area contributed by atoms with Crippen molar-refractivity contribution in [2.75, 3.05) is 13.1 Å². The first kappa shape index (κ1) is 23.5. The molecule has 1 unspecified atom stereocenters. The van der Waals surface area contributed by atoms with Crippen LogP contribution in [0.3, 0.4) is 0 Å². The van der Waals surface area contributed by atoms with Crippen molar-refractivity contribution in [3.63, 3.8) is 0 Å². The lowest BCUT2D eigenvalue weighted by atomic mass is 10.1. The molecular formula is C25H25ClN6O2. The molecule has 8 nitrogen and oxygen atoms in total. The van der Waals surface area contributed by atoms with Crippen LogP contribution in [0.2, 0.25) is 5.15 Å². The minimum absolute atomic E-state index is 0.205. The number of nitrogens with two attached hydrogens (primary N) is 1. The average molecular weight is 477 g/mol. The van der Waals surface area contributed by atoms with Crippen LogP contribution in [-0.4, -0.2) is 43.4 Å². The van der Waals surface area contributed by atoms with E-state index in [4.69, 9.17) is 22.3 Å². The summed E-state index contributed by atoms with van der Waals surface area (Å²) in [4.78, 5) is 41.8. The summed E-state index contributed by atoms with van der Waals surface area (Å²) in [6.07, 6.45) is 3.56. The Hall–Kier alpha value is -3.62. The summed E-state index contributed by atoms with van der Waals surface area (Å²) >= 11 is 5.90. The van der Waals surface area contributed by atoms with Gasteiger partial charge in [-0.05, 0) is 36.2 Å². The van der Waals surface area contributed by atoms with E-state index in [2.05, 4.69) is 9.97 Å². The molecule has 0 fully saturated rings. The highest BCUT2D eigenvalue weighted by molar-refractivity contribution is 6.29. The van der Waals surface area contributed by atoms with Gasteiger partial charge >= 0.3 is 0 Å². The van der Waals surface area contributed by atoms with Crippen molar-refractivity contribution in [1.29, 1.82) is 0 Å². The molecule has 4 aromatic rings. The van der Waals surface area contributed by atoms with Gasteiger partial charge in [-0.25, -0.2) is 15.0 Å². The van der Waals surface area contributed by atoms with Crippen LogP contribution in [0.4, 0.5) is 0 Å². The van der Waals surface area contributed by atoms with E-state index in [9.17, 15) is 9.59 Å². The molecule has 1 atom stereocenters. The molecular weight excluding hydrogens is 452 g/mol. The van der Waals surface area contributed by atoms with Crippen LogP contribution in [0, 0.1) is 0 Å².